The molecule has 0 radical (unpaired) electrons. The maximum atomic E-state index is 14.3. The van der Waals surface area contributed by atoms with Crippen LogP contribution in [0.25, 0.3) is 0 Å². The van der Waals surface area contributed by atoms with Gasteiger partial charge >= 0.3 is 18.0 Å². The third kappa shape index (κ3) is 19.4. The first-order valence-electron chi connectivity index (χ1n) is 20.2. The second-order valence-electron chi connectivity index (χ2n) is 14.8. The summed E-state index contributed by atoms with van der Waals surface area (Å²) in [6.07, 6.45) is -5.77. The second-order valence-corrected chi connectivity index (χ2v) is 14.8. The van der Waals surface area contributed by atoms with Crippen molar-refractivity contribution < 1.29 is 83.2 Å². The number of esters is 1. The number of carboxylic acids is 1. The van der Waals surface area contributed by atoms with Crippen LogP contribution < -0.4 is 48.7 Å². The van der Waals surface area contributed by atoms with Crippen LogP contribution in [0.1, 0.15) is 72.1 Å². The van der Waals surface area contributed by atoms with E-state index >= 15 is 0 Å². The summed E-state index contributed by atoms with van der Waals surface area (Å²) in [4.78, 5) is 142. The van der Waals surface area contributed by atoms with Crippen molar-refractivity contribution in [2.24, 2.45) is 17.4 Å². The van der Waals surface area contributed by atoms with Crippen molar-refractivity contribution in [1.82, 2.24) is 47.3 Å². The monoisotopic (exact) mass is 919 g/mol. The van der Waals surface area contributed by atoms with Crippen LogP contribution in [0.4, 0.5) is 4.79 Å². The van der Waals surface area contributed by atoms with Gasteiger partial charge in [-0.25, -0.2) is 24.5 Å². The van der Waals surface area contributed by atoms with E-state index in [-0.39, 0.29) is 82.6 Å². The first kappa shape index (κ1) is 55.8. The number of cyclic esters (lactones) is 1. The lowest BCUT2D eigenvalue weighted by atomic mass is 9.92. The SMILES string of the molecule is CC(=O)NC(CCCN(O)C=O)C1OC(=O)C(CCCN(O)C(C)=O)NC(=O)C(CCCNC(N)=O)NC(=O)C(CCCN)NC(=O)C(CO)NC(=O)C(C(O)C(=O)O)NC(=O)C1C. The number of nitrogens with zero attached hydrogens (tertiary/aromatic N) is 2. The van der Waals surface area contributed by atoms with E-state index in [1.54, 1.807) is 0 Å². The van der Waals surface area contributed by atoms with Gasteiger partial charge in [0.1, 0.15) is 36.3 Å². The van der Waals surface area contributed by atoms with Gasteiger partial charge in [0.05, 0.1) is 18.6 Å². The molecule has 1 fully saturated rings. The lowest BCUT2D eigenvalue weighted by Crippen LogP contribution is -2.62. The van der Waals surface area contributed by atoms with Crippen molar-refractivity contribution in [2.75, 3.05) is 32.8 Å². The van der Waals surface area contributed by atoms with E-state index in [1.165, 1.54) is 0 Å². The van der Waals surface area contributed by atoms with Crippen molar-refractivity contribution in [1.29, 1.82) is 0 Å². The molecule has 28 heteroatoms. The number of ether oxygens (including phenoxy) is 1. The minimum absolute atomic E-state index is 0.00348. The molecule has 1 rings (SSSR count). The van der Waals surface area contributed by atoms with Crippen molar-refractivity contribution in [2.45, 2.75) is 121 Å². The lowest BCUT2D eigenvalue weighted by Gasteiger charge is -2.34. The van der Waals surface area contributed by atoms with E-state index in [0.29, 0.717) is 5.06 Å². The average Bonchev–Trinajstić information content (AvgIpc) is 3.23. The number of aliphatic hydroxyl groups is 2. The molecule has 1 aliphatic heterocycles. The molecule has 0 aromatic carbocycles. The number of urea groups is 1. The van der Waals surface area contributed by atoms with Crippen LogP contribution in [0.2, 0.25) is 0 Å². The first-order valence-corrected chi connectivity index (χ1v) is 20.2. The van der Waals surface area contributed by atoms with Crippen LogP contribution in [0.3, 0.4) is 0 Å². The summed E-state index contributed by atoms with van der Waals surface area (Å²) < 4.78 is 5.83. The molecule has 0 aromatic rings. The van der Waals surface area contributed by atoms with Gasteiger partial charge < -0.3 is 68.7 Å². The van der Waals surface area contributed by atoms with Crippen LogP contribution in [-0.4, -0.2) is 183 Å². The van der Waals surface area contributed by atoms with Crippen LogP contribution in [0.5, 0.6) is 0 Å². The van der Waals surface area contributed by atoms with Crippen LogP contribution in [0, 0.1) is 5.92 Å². The maximum absolute atomic E-state index is 14.3. The summed E-state index contributed by atoms with van der Waals surface area (Å²) in [5.41, 5.74) is 10.8. The van der Waals surface area contributed by atoms with E-state index in [1.807, 2.05) is 10.6 Å². The molecule has 362 valence electrons. The number of carboxylic acid groups (broad SMARTS) is 1. The Kier molecular flexibility index (Phi) is 24.8. The molecular weight excluding hydrogens is 858 g/mol. The van der Waals surface area contributed by atoms with Gasteiger partial charge in [-0.2, -0.15) is 0 Å². The quantitative estimate of drug-likeness (QED) is 0.0167. The number of carbonyl (C=O) groups excluding carboxylic acids is 10. The smallest absolute Gasteiger partial charge is 0.335 e. The molecule has 0 aliphatic carbocycles. The molecule has 16 N–H and O–H groups in total. The Morgan fingerprint density at radius 3 is 1.86 bits per heavy atom. The zero-order valence-electron chi connectivity index (χ0n) is 35.7. The van der Waals surface area contributed by atoms with Crippen molar-refractivity contribution >= 4 is 65.7 Å². The van der Waals surface area contributed by atoms with Crippen molar-refractivity contribution in [3.05, 3.63) is 0 Å². The Bertz CT molecular complexity index is 1660. The number of amides is 10. The summed E-state index contributed by atoms with van der Waals surface area (Å²) in [5.74, 6) is -12.7. The zero-order valence-corrected chi connectivity index (χ0v) is 35.7. The van der Waals surface area contributed by atoms with E-state index in [2.05, 4.69) is 26.6 Å². The summed E-state index contributed by atoms with van der Waals surface area (Å²) in [5, 5.41) is 66.6. The van der Waals surface area contributed by atoms with Gasteiger partial charge in [0.25, 0.3) is 0 Å². The van der Waals surface area contributed by atoms with Gasteiger partial charge in [0.15, 0.2) is 6.10 Å². The molecule has 1 saturated heterocycles. The molecule has 0 bridgehead atoms. The number of primary amides is 1. The topological polar surface area (TPSA) is 441 Å². The predicted molar refractivity (Wildman–Crippen MR) is 214 cm³/mol. The van der Waals surface area contributed by atoms with Gasteiger partial charge in [0.2, 0.25) is 47.8 Å². The third-order valence-electron chi connectivity index (χ3n) is 9.69. The fourth-order valence-corrected chi connectivity index (χ4v) is 6.22. The minimum atomic E-state index is -2.71. The Morgan fingerprint density at radius 1 is 0.797 bits per heavy atom. The number of aliphatic hydroxyl groups excluding tert-OH is 2. The molecule has 9 unspecified atom stereocenters. The molecule has 64 heavy (non-hydrogen) atoms. The number of hydroxylamine groups is 4. The second kappa shape index (κ2) is 28.5. The highest BCUT2D eigenvalue weighted by Crippen LogP contribution is 2.20. The van der Waals surface area contributed by atoms with Gasteiger partial charge in [-0.3, -0.25) is 48.8 Å². The Hall–Kier alpha value is -6.23. The van der Waals surface area contributed by atoms with E-state index in [0.717, 1.165) is 20.8 Å². The maximum Gasteiger partial charge on any atom is 0.335 e. The van der Waals surface area contributed by atoms with Crippen LogP contribution in [-0.2, 0) is 52.7 Å². The van der Waals surface area contributed by atoms with E-state index in [4.69, 9.17) is 16.2 Å². The highest BCUT2D eigenvalue weighted by Gasteiger charge is 2.42. The van der Waals surface area contributed by atoms with Crippen molar-refractivity contribution in [3.63, 3.8) is 0 Å². The molecule has 9 atom stereocenters. The van der Waals surface area contributed by atoms with Crippen LogP contribution >= 0.6 is 0 Å². The highest BCUT2D eigenvalue weighted by molar-refractivity contribution is 5.98. The summed E-state index contributed by atoms with van der Waals surface area (Å²) in [6.45, 7) is 1.20. The number of nitrogens with one attached hydrogen (secondary N) is 7. The number of hydrogen-bond acceptors (Lipinski definition) is 17. The van der Waals surface area contributed by atoms with Gasteiger partial charge in [0, 0.05) is 33.5 Å². The predicted octanol–water partition coefficient (Wildman–Crippen LogP) is -6.25. The molecule has 1 aliphatic rings. The Morgan fingerprint density at radius 2 is 1.34 bits per heavy atom. The molecule has 0 spiro atoms. The summed E-state index contributed by atoms with van der Waals surface area (Å²) >= 11 is 0. The highest BCUT2D eigenvalue weighted by atomic mass is 16.5. The Balaban J connectivity index is 4.10. The largest absolute Gasteiger partial charge is 0.479 e. The van der Waals surface area contributed by atoms with Gasteiger partial charge in [-0.15, -0.1) is 0 Å². The molecule has 0 saturated carbocycles. The molecular formula is C36H61N11O17. The number of hydrogen-bond donors (Lipinski definition) is 14. The zero-order chi connectivity index (χ0) is 48.7. The third-order valence-corrected chi connectivity index (χ3v) is 9.69. The lowest BCUT2D eigenvalue weighted by molar-refractivity contribution is -0.163. The molecule has 1 heterocycles. The standard InChI is InChI=1S/C36H61N11O17/c1-18-28(21(40-19(2)50)10-6-14-46(62)17-49)64-35(60)24(11-7-15-47(63)20(3)51)43-31(55)23(9-5-13-39-36(38)61)41-30(54)22(8-4-12-37)42-32(56)25(16-48)44-33(57)26(45-29(18)53)27(52)34(58)59/h17-18,21-28,48,52,62-63H,4-16,37H2,1-3H3,(H,40,50)(H,41,54)(H,42,56)(H,43,55)(H,44,57)(H,45,53)(H,58,59)(H3,38,39,61). The van der Waals surface area contributed by atoms with E-state index in [9.17, 15) is 78.5 Å². The van der Waals surface area contributed by atoms with Crippen molar-refractivity contribution in [3.8, 4) is 0 Å². The summed E-state index contributed by atoms with van der Waals surface area (Å²) in [7, 11) is 0. The first-order chi connectivity index (χ1) is 30.1. The van der Waals surface area contributed by atoms with Gasteiger partial charge in [-0.05, 0) is 64.8 Å². The number of carbonyl (C=O) groups is 11. The fraction of sp³-hybridized carbons (Fsp3) is 0.694. The van der Waals surface area contributed by atoms with Crippen LogP contribution in [0.15, 0.2) is 0 Å². The van der Waals surface area contributed by atoms with E-state index < -0.39 is 127 Å². The molecule has 0 aromatic heterocycles. The summed E-state index contributed by atoms with van der Waals surface area (Å²) in [6, 6.07) is -11.5. The molecule has 10 amide bonds. The normalized spacial score (nSPS) is 23.7. The number of aliphatic carboxylic acids is 1. The molecule has 28 nitrogen and oxygen atoms in total. The fourth-order valence-electron chi connectivity index (χ4n) is 6.22. The Labute approximate surface area is 366 Å². The number of rotatable bonds is 21. The minimum Gasteiger partial charge on any atom is -0.479 e. The average molecular weight is 920 g/mol. The number of nitrogens with two attached hydrogens (primary N) is 2. The van der Waals surface area contributed by atoms with Gasteiger partial charge in [-0.1, -0.05) is 0 Å².